The van der Waals surface area contributed by atoms with Crippen molar-refractivity contribution in [2.45, 2.75) is 65.8 Å². The molecule has 2 unspecified atom stereocenters. The highest BCUT2D eigenvalue weighted by Crippen LogP contribution is 2.39. The monoisotopic (exact) mass is 543 g/mol. The fraction of sp³-hybridized carbons (Fsp3) is 0.364. The minimum Gasteiger partial charge on any atom is -0.497 e. The summed E-state index contributed by atoms with van der Waals surface area (Å²) in [5, 5.41) is 3.42. The number of hydrogen-bond donors (Lipinski definition) is 1. The molecule has 0 saturated heterocycles. The van der Waals surface area contributed by atoms with E-state index in [2.05, 4.69) is 17.4 Å². The number of anilines is 1. The first-order valence-electron chi connectivity index (χ1n) is 13.6. The number of aryl methyl sites for hydroxylation is 1. The molecule has 40 heavy (non-hydrogen) atoms. The third-order valence-electron chi connectivity index (χ3n) is 7.10. The quantitative estimate of drug-likeness (QED) is 0.196. The molecule has 1 aliphatic rings. The van der Waals surface area contributed by atoms with Gasteiger partial charge in [-0.1, -0.05) is 12.1 Å². The fourth-order valence-corrected chi connectivity index (χ4v) is 4.87. The van der Waals surface area contributed by atoms with Gasteiger partial charge in [0.1, 0.15) is 17.2 Å². The number of Topliss-reactive ketones (excluding diaryl/α,β-unsaturated/α-hetero) is 1. The van der Waals surface area contributed by atoms with Crippen molar-refractivity contribution in [1.29, 1.82) is 0 Å². The molecule has 0 radical (unpaired) electrons. The van der Waals surface area contributed by atoms with Crippen LogP contribution in [0.2, 0.25) is 0 Å². The van der Waals surface area contributed by atoms with Crippen LogP contribution in [0.3, 0.4) is 0 Å². The van der Waals surface area contributed by atoms with Crippen LogP contribution in [0.15, 0.2) is 60.7 Å². The SMILES string of the molecule is COc1ccc(C2CCc3cc(OC(=O)C(C)(C)C)ccc3C2)c(NC(C)C(=O)c2ccc(OC(C)=O)cc2)c1. The van der Waals surface area contributed by atoms with Gasteiger partial charge in [-0.15, -0.1) is 0 Å². The first kappa shape index (κ1) is 28.9. The van der Waals surface area contributed by atoms with Gasteiger partial charge in [0.05, 0.1) is 18.6 Å². The van der Waals surface area contributed by atoms with Gasteiger partial charge >= 0.3 is 11.9 Å². The molecule has 1 N–H and O–H groups in total. The van der Waals surface area contributed by atoms with Crippen molar-refractivity contribution in [2.24, 2.45) is 5.41 Å². The summed E-state index contributed by atoms with van der Waals surface area (Å²) < 4.78 is 16.2. The van der Waals surface area contributed by atoms with Crippen molar-refractivity contribution < 1.29 is 28.6 Å². The summed E-state index contributed by atoms with van der Waals surface area (Å²) in [6.45, 7) is 8.70. The predicted molar refractivity (Wildman–Crippen MR) is 154 cm³/mol. The van der Waals surface area contributed by atoms with E-state index in [-0.39, 0.29) is 17.7 Å². The number of carbonyl (C=O) groups excluding carboxylic acids is 3. The lowest BCUT2D eigenvalue weighted by Gasteiger charge is -2.28. The van der Waals surface area contributed by atoms with Crippen molar-refractivity contribution in [3.63, 3.8) is 0 Å². The van der Waals surface area contributed by atoms with Gasteiger partial charge in [0.15, 0.2) is 5.78 Å². The number of methoxy groups -OCH3 is 1. The molecule has 0 spiro atoms. The maximum absolute atomic E-state index is 13.2. The number of rotatable bonds is 8. The first-order valence-corrected chi connectivity index (χ1v) is 13.6. The summed E-state index contributed by atoms with van der Waals surface area (Å²) in [7, 11) is 1.62. The van der Waals surface area contributed by atoms with Gasteiger partial charge in [0.2, 0.25) is 0 Å². The second-order valence-electron chi connectivity index (χ2n) is 11.3. The number of hydrogen-bond acceptors (Lipinski definition) is 7. The molecule has 0 aromatic heterocycles. The van der Waals surface area contributed by atoms with Crippen LogP contribution in [0.25, 0.3) is 0 Å². The Balaban J connectivity index is 1.51. The van der Waals surface area contributed by atoms with Gasteiger partial charge in [-0.3, -0.25) is 14.4 Å². The van der Waals surface area contributed by atoms with Crippen molar-refractivity contribution in [2.75, 3.05) is 12.4 Å². The minimum absolute atomic E-state index is 0.0746. The van der Waals surface area contributed by atoms with Crippen LogP contribution in [0.1, 0.15) is 74.0 Å². The number of fused-ring (bicyclic) bond motifs is 1. The zero-order chi connectivity index (χ0) is 29.0. The normalized spacial score (nSPS) is 15.4. The van der Waals surface area contributed by atoms with Crippen molar-refractivity contribution >= 4 is 23.4 Å². The lowest BCUT2D eigenvalue weighted by atomic mass is 9.79. The van der Waals surface area contributed by atoms with Crippen LogP contribution in [0.4, 0.5) is 5.69 Å². The summed E-state index contributed by atoms with van der Waals surface area (Å²) in [6.07, 6.45) is 2.62. The standard InChI is InChI=1S/C33H37NO6/c1-20(31(36)22-9-12-26(13-10-22)39-21(2)35)34-30-19-27(38-6)15-16-29(30)25-8-7-24-18-28(14-11-23(24)17-25)40-32(37)33(3,4)5/h9-16,18-20,25,34H,7-8,17H2,1-6H3. The summed E-state index contributed by atoms with van der Waals surface area (Å²) >= 11 is 0. The zero-order valence-electron chi connectivity index (χ0n) is 24.0. The van der Waals surface area contributed by atoms with E-state index in [0.717, 1.165) is 30.5 Å². The highest BCUT2D eigenvalue weighted by molar-refractivity contribution is 6.01. The molecule has 2 atom stereocenters. The van der Waals surface area contributed by atoms with Gasteiger partial charge < -0.3 is 19.5 Å². The molecule has 210 valence electrons. The average molecular weight is 544 g/mol. The Labute approximate surface area is 235 Å². The summed E-state index contributed by atoms with van der Waals surface area (Å²) in [6, 6.07) is 17.9. The highest BCUT2D eigenvalue weighted by atomic mass is 16.5. The molecule has 0 fully saturated rings. The number of carbonyl (C=O) groups is 3. The Morgan fingerprint density at radius 3 is 2.20 bits per heavy atom. The molecule has 0 saturated carbocycles. The average Bonchev–Trinajstić information content (AvgIpc) is 2.92. The Bertz CT molecular complexity index is 1400. The number of ketones is 1. The van der Waals surface area contributed by atoms with Crippen LogP contribution in [-0.4, -0.2) is 30.9 Å². The van der Waals surface area contributed by atoms with Gasteiger partial charge in [-0.25, -0.2) is 0 Å². The van der Waals surface area contributed by atoms with E-state index in [9.17, 15) is 14.4 Å². The molecule has 0 heterocycles. The van der Waals surface area contributed by atoms with Gasteiger partial charge in [-0.2, -0.15) is 0 Å². The first-order chi connectivity index (χ1) is 18.9. The van der Waals surface area contributed by atoms with Crippen molar-refractivity contribution in [3.8, 4) is 17.2 Å². The van der Waals surface area contributed by atoms with E-state index in [1.807, 2.05) is 52.0 Å². The molecule has 7 nitrogen and oxygen atoms in total. The summed E-state index contributed by atoms with van der Waals surface area (Å²) in [5.74, 6) is 1.20. The highest BCUT2D eigenvalue weighted by Gasteiger charge is 2.27. The Morgan fingerprint density at radius 1 is 0.875 bits per heavy atom. The Morgan fingerprint density at radius 2 is 1.55 bits per heavy atom. The van der Waals surface area contributed by atoms with Crippen LogP contribution >= 0.6 is 0 Å². The predicted octanol–water partition coefficient (Wildman–Crippen LogP) is 6.53. The van der Waals surface area contributed by atoms with E-state index in [1.165, 1.54) is 18.1 Å². The summed E-state index contributed by atoms with van der Waals surface area (Å²) in [4.78, 5) is 36.7. The third kappa shape index (κ3) is 6.89. The molecule has 0 amide bonds. The number of ether oxygens (including phenoxy) is 3. The smallest absolute Gasteiger partial charge is 0.316 e. The second kappa shape index (κ2) is 11.9. The van der Waals surface area contributed by atoms with Crippen molar-refractivity contribution in [3.05, 3.63) is 82.9 Å². The van der Waals surface area contributed by atoms with Gasteiger partial charge in [0.25, 0.3) is 0 Å². The van der Waals surface area contributed by atoms with E-state index in [1.54, 1.807) is 31.4 Å². The molecule has 0 bridgehead atoms. The van der Waals surface area contributed by atoms with Crippen LogP contribution in [0.5, 0.6) is 17.2 Å². The molecule has 3 aromatic rings. The molecular formula is C33H37NO6. The van der Waals surface area contributed by atoms with E-state index in [4.69, 9.17) is 14.2 Å². The number of esters is 2. The van der Waals surface area contributed by atoms with E-state index < -0.39 is 17.4 Å². The number of benzene rings is 3. The molecule has 1 aliphatic carbocycles. The minimum atomic E-state index is -0.565. The molecule has 3 aromatic carbocycles. The molecule has 0 aliphatic heterocycles. The topological polar surface area (TPSA) is 90.9 Å². The second-order valence-corrected chi connectivity index (χ2v) is 11.3. The van der Waals surface area contributed by atoms with Crippen LogP contribution in [-0.2, 0) is 22.4 Å². The van der Waals surface area contributed by atoms with Crippen LogP contribution in [0, 0.1) is 5.41 Å². The van der Waals surface area contributed by atoms with E-state index >= 15 is 0 Å². The lowest BCUT2D eigenvalue weighted by molar-refractivity contribution is -0.143. The zero-order valence-corrected chi connectivity index (χ0v) is 24.0. The Kier molecular flexibility index (Phi) is 8.62. The lowest BCUT2D eigenvalue weighted by Crippen LogP contribution is -2.27. The third-order valence-corrected chi connectivity index (χ3v) is 7.10. The molecule has 4 rings (SSSR count). The van der Waals surface area contributed by atoms with Gasteiger partial charge in [0, 0.05) is 24.2 Å². The summed E-state index contributed by atoms with van der Waals surface area (Å²) in [5.41, 5.74) is 4.37. The van der Waals surface area contributed by atoms with Crippen LogP contribution < -0.4 is 19.5 Å². The molecular weight excluding hydrogens is 506 g/mol. The molecule has 7 heteroatoms. The maximum Gasteiger partial charge on any atom is 0.316 e. The Hall–Kier alpha value is -4.13. The fourth-order valence-electron chi connectivity index (χ4n) is 4.87. The van der Waals surface area contributed by atoms with Crippen molar-refractivity contribution in [1.82, 2.24) is 0 Å². The number of nitrogens with one attached hydrogen (secondary N) is 1. The largest absolute Gasteiger partial charge is 0.497 e. The van der Waals surface area contributed by atoms with Gasteiger partial charge in [-0.05, 0) is 112 Å². The maximum atomic E-state index is 13.2. The van der Waals surface area contributed by atoms with E-state index in [0.29, 0.717) is 22.8 Å².